The van der Waals surface area contributed by atoms with Gasteiger partial charge in [-0.3, -0.25) is 9.78 Å². The van der Waals surface area contributed by atoms with Gasteiger partial charge in [0.2, 0.25) is 10.0 Å². The summed E-state index contributed by atoms with van der Waals surface area (Å²) in [5.74, 6) is -0.0336. The molecule has 1 amide bonds. The summed E-state index contributed by atoms with van der Waals surface area (Å²) in [5.41, 5.74) is 0.987. The molecule has 0 unspecified atom stereocenters. The maximum absolute atomic E-state index is 12.8. The van der Waals surface area contributed by atoms with Crippen LogP contribution in [0.3, 0.4) is 0 Å². The van der Waals surface area contributed by atoms with E-state index in [1.54, 1.807) is 49.8 Å². The number of aromatic nitrogens is 1. The Morgan fingerprint density at radius 1 is 1.04 bits per heavy atom. The predicted octanol–water partition coefficient (Wildman–Crippen LogP) is 1.83. The Bertz CT molecular complexity index is 928. The molecule has 4 rings (SSSR count). The molecule has 2 aromatic rings. The Hall–Kier alpha value is -2.29. The van der Waals surface area contributed by atoms with Crippen molar-refractivity contribution in [1.29, 1.82) is 0 Å². The van der Waals surface area contributed by atoms with Crippen LogP contribution in [0.15, 0.2) is 59.8 Å². The average molecular weight is 401 g/mol. The van der Waals surface area contributed by atoms with Crippen LogP contribution in [0.1, 0.15) is 24.4 Å². The Kier molecular flexibility index (Phi) is 5.18. The molecular weight excluding hydrogens is 378 g/mol. The zero-order valence-electron chi connectivity index (χ0n) is 15.6. The summed E-state index contributed by atoms with van der Waals surface area (Å²) in [7, 11) is -1.95. The third-order valence-electron chi connectivity index (χ3n) is 5.58. The highest BCUT2D eigenvalue weighted by Crippen LogP contribution is 2.40. The van der Waals surface area contributed by atoms with Crippen molar-refractivity contribution in [3.8, 4) is 0 Å². The molecular formula is C20H23N3O4S. The van der Waals surface area contributed by atoms with Crippen LogP contribution in [0.2, 0.25) is 0 Å². The first kappa shape index (κ1) is 19.0. The number of sulfonamides is 1. The summed E-state index contributed by atoms with van der Waals surface area (Å²) in [6, 6.07) is 12.1. The molecule has 0 N–H and O–H groups in total. The molecule has 2 saturated heterocycles. The summed E-state index contributed by atoms with van der Waals surface area (Å²) >= 11 is 0. The van der Waals surface area contributed by atoms with E-state index in [-0.39, 0.29) is 18.0 Å². The van der Waals surface area contributed by atoms with E-state index in [2.05, 4.69) is 4.98 Å². The highest BCUT2D eigenvalue weighted by molar-refractivity contribution is 7.89. The third-order valence-corrected chi connectivity index (χ3v) is 7.50. The number of hydrogen-bond acceptors (Lipinski definition) is 5. The number of carbonyl (C=O) groups is 1. The minimum atomic E-state index is -3.50. The zero-order valence-corrected chi connectivity index (χ0v) is 16.5. The summed E-state index contributed by atoms with van der Waals surface area (Å²) in [5, 5.41) is 0. The molecule has 2 atom stereocenters. The highest BCUT2D eigenvalue weighted by Gasteiger charge is 2.52. The monoisotopic (exact) mass is 401 g/mol. The van der Waals surface area contributed by atoms with Crippen LogP contribution in [-0.2, 0) is 19.6 Å². The fourth-order valence-electron chi connectivity index (χ4n) is 4.12. The van der Waals surface area contributed by atoms with E-state index in [0.717, 1.165) is 5.56 Å². The molecule has 0 spiro atoms. The lowest BCUT2D eigenvalue weighted by atomic mass is 9.87. The van der Waals surface area contributed by atoms with Gasteiger partial charge in [0.1, 0.15) is 0 Å². The van der Waals surface area contributed by atoms with Crippen molar-refractivity contribution >= 4 is 15.9 Å². The number of pyridine rings is 1. The zero-order chi connectivity index (χ0) is 19.7. The molecule has 2 aliphatic rings. The van der Waals surface area contributed by atoms with E-state index in [1.807, 2.05) is 17.0 Å². The van der Waals surface area contributed by atoms with E-state index < -0.39 is 16.1 Å². The molecule has 28 heavy (non-hydrogen) atoms. The van der Waals surface area contributed by atoms with Gasteiger partial charge in [-0.05, 0) is 42.7 Å². The van der Waals surface area contributed by atoms with Crippen LogP contribution in [0.25, 0.3) is 0 Å². The third kappa shape index (κ3) is 3.21. The number of ether oxygens (including phenoxy) is 1. The van der Waals surface area contributed by atoms with Gasteiger partial charge in [0.25, 0.3) is 5.91 Å². The smallest absolute Gasteiger partial charge is 0.255 e. The van der Waals surface area contributed by atoms with Gasteiger partial charge in [0.15, 0.2) is 6.10 Å². The number of piperidine rings is 1. The number of carbonyl (C=O) groups excluding carboxylic acids is 1. The number of likely N-dealkylation sites (tertiary alicyclic amines) is 1. The first-order valence-corrected chi connectivity index (χ1v) is 10.8. The number of methoxy groups -OCH3 is 1. The largest absolute Gasteiger partial charge is 0.369 e. The number of rotatable bonds is 5. The molecule has 2 aliphatic heterocycles. The van der Waals surface area contributed by atoms with Crippen LogP contribution < -0.4 is 0 Å². The number of benzene rings is 1. The van der Waals surface area contributed by atoms with Crippen molar-refractivity contribution in [2.45, 2.75) is 35.9 Å². The molecule has 1 aromatic heterocycles. The fourth-order valence-corrected chi connectivity index (χ4v) is 5.61. The molecule has 1 aromatic carbocycles. The second-order valence-electron chi connectivity index (χ2n) is 7.08. The van der Waals surface area contributed by atoms with Crippen LogP contribution in [0, 0.1) is 0 Å². The van der Waals surface area contributed by atoms with E-state index in [4.69, 9.17) is 4.74 Å². The lowest BCUT2D eigenvalue weighted by Gasteiger charge is -2.52. The van der Waals surface area contributed by atoms with Gasteiger partial charge in [-0.25, -0.2) is 8.42 Å². The molecule has 8 heteroatoms. The molecule has 0 bridgehead atoms. The molecule has 0 aliphatic carbocycles. The summed E-state index contributed by atoms with van der Waals surface area (Å²) < 4.78 is 32.5. The maximum atomic E-state index is 12.8. The van der Waals surface area contributed by atoms with Crippen molar-refractivity contribution in [3.05, 3.63) is 60.4 Å². The molecule has 0 radical (unpaired) electrons. The summed E-state index contributed by atoms with van der Waals surface area (Å²) in [6.07, 6.45) is 4.13. The normalized spacial score (nSPS) is 24.2. The quantitative estimate of drug-likeness (QED) is 0.714. The molecule has 148 valence electrons. The van der Waals surface area contributed by atoms with Crippen LogP contribution >= 0.6 is 0 Å². The molecule has 7 nitrogen and oxygen atoms in total. The topological polar surface area (TPSA) is 79.8 Å². The van der Waals surface area contributed by atoms with Gasteiger partial charge in [-0.1, -0.05) is 18.2 Å². The van der Waals surface area contributed by atoms with E-state index in [9.17, 15) is 13.2 Å². The second-order valence-corrected chi connectivity index (χ2v) is 9.01. The van der Waals surface area contributed by atoms with Gasteiger partial charge in [-0.2, -0.15) is 4.31 Å². The Labute approximate surface area is 165 Å². The number of nitrogens with zero attached hydrogens (tertiary/aromatic N) is 3. The van der Waals surface area contributed by atoms with Crippen molar-refractivity contribution < 1.29 is 17.9 Å². The molecule has 0 saturated carbocycles. The maximum Gasteiger partial charge on any atom is 0.255 e. The van der Waals surface area contributed by atoms with Crippen molar-refractivity contribution in [1.82, 2.24) is 14.2 Å². The Morgan fingerprint density at radius 2 is 1.68 bits per heavy atom. The van der Waals surface area contributed by atoms with Crippen molar-refractivity contribution in [3.63, 3.8) is 0 Å². The lowest BCUT2D eigenvalue weighted by Crippen LogP contribution is -2.64. The second kappa shape index (κ2) is 7.62. The van der Waals surface area contributed by atoms with Gasteiger partial charge < -0.3 is 9.64 Å². The Morgan fingerprint density at radius 3 is 2.29 bits per heavy atom. The minimum absolute atomic E-state index is 0.000659. The summed E-state index contributed by atoms with van der Waals surface area (Å²) in [4.78, 5) is 18.8. The van der Waals surface area contributed by atoms with Crippen LogP contribution in [0.5, 0.6) is 0 Å². The van der Waals surface area contributed by atoms with E-state index >= 15 is 0 Å². The minimum Gasteiger partial charge on any atom is -0.369 e. The standard InChI is InChI=1S/C20H23N3O4S/c1-27-19-18(15-7-11-21-12-8-15)23(20(19)24)16-9-13-22(14-10-16)28(25,26)17-5-3-2-4-6-17/h2-8,11-12,16,18-19H,9-10,13-14H2,1H3/t18-,19+/m0/s1. The van der Waals surface area contributed by atoms with E-state index in [0.29, 0.717) is 30.8 Å². The van der Waals surface area contributed by atoms with Crippen molar-refractivity contribution in [2.24, 2.45) is 0 Å². The van der Waals surface area contributed by atoms with E-state index in [1.165, 1.54) is 4.31 Å². The highest BCUT2D eigenvalue weighted by atomic mass is 32.2. The molecule has 2 fully saturated rings. The van der Waals surface area contributed by atoms with Gasteiger partial charge in [-0.15, -0.1) is 0 Å². The first-order chi connectivity index (χ1) is 13.5. The van der Waals surface area contributed by atoms with Crippen LogP contribution in [0.4, 0.5) is 0 Å². The number of hydrogen-bond donors (Lipinski definition) is 0. The lowest BCUT2D eigenvalue weighted by molar-refractivity contribution is -0.178. The SMILES string of the molecule is CO[C@H]1C(=O)N(C2CCN(S(=O)(=O)c3ccccc3)CC2)[C@H]1c1ccncc1. The van der Waals surface area contributed by atoms with Gasteiger partial charge >= 0.3 is 0 Å². The van der Waals surface area contributed by atoms with Crippen LogP contribution in [-0.4, -0.2) is 60.9 Å². The Balaban J connectivity index is 1.48. The fraction of sp³-hybridized carbons (Fsp3) is 0.400. The predicted molar refractivity (Wildman–Crippen MR) is 103 cm³/mol. The van der Waals surface area contributed by atoms with Gasteiger partial charge in [0.05, 0.1) is 10.9 Å². The first-order valence-electron chi connectivity index (χ1n) is 9.34. The van der Waals surface area contributed by atoms with Gasteiger partial charge in [0, 0.05) is 38.6 Å². The molecule has 3 heterocycles. The number of amides is 1. The summed E-state index contributed by atoms with van der Waals surface area (Å²) in [6.45, 7) is 0.790. The number of β-lactam (4-membered cyclic amide) rings is 1. The average Bonchev–Trinajstić information content (AvgIpc) is 2.74. The van der Waals surface area contributed by atoms with Crippen molar-refractivity contribution in [2.75, 3.05) is 20.2 Å².